The normalized spacial score (nSPS) is 21.7. The van der Waals surface area contributed by atoms with Gasteiger partial charge in [-0.05, 0) is 62.4 Å². The molecule has 8 nitrogen and oxygen atoms in total. The molecule has 1 saturated heterocycles. The zero-order valence-corrected chi connectivity index (χ0v) is 23.8. The van der Waals surface area contributed by atoms with Crippen molar-refractivity contribution in [2.24, 2.45) is 5.92 Å². The van der Waals surface area contributed by atoms with Crippen LogP contribution in [0, 0.1) is 5.92 Å². The third-order valence-corrected chi connectivity index (χ3v) is 9.96. The van der Waals surface area contributed by atoms with E-state index >= 15 is 0 Å². The van der Waals surface area contributed by atoms with Crippen molar-refractivity contribution in [2.75, 3.05) is 39.0 Å². The van der Waals surface area contributed by atoms with Crippen molar-refractivity contribution in [3.05, 3.63) is 72.7 Å². The van der Waals surface area contributed by atoms with Crippen molar-refractivity contribution in [1.29, 1.82) is 0 Å². The largest absolute Gasteiger partial charge is 0.504 e. The van der Waals surface area contributed by atoms with Crippen LogP contribution in [-0.4, -0.2) is 71.2 Å². The van der Waals surface area contributed by atoms with Crippen LogP contribution in [-0.2, 0) is 16.3 Å². The lowest BCUT2D eigenvalue weighted by molar-refractivity contribution is -0.212. The van der Waals surface area contributed by atoms with Crippen LogP contribution in [0.4, 0.5) is 19.0 Å². The average molecular weight is 589 g/mol. The number of allylic oxidation sites excluding steroid dienone is 2. The second kappa shape index (κ2) is 11.5. The molecule has 0 amide bonds. The van der Waals surface area contributed by atoms with Crippen LogP contribution in [0.5, 0.6) is 0 Å². The minimum atomic E-state index is -4.72. The van der Waals surface area contributed by atoms with Gasteiger partial charge >= 0.3 is 6.30 Å². The van der Waals surface area contributed by atoms with Crippen molar-refractivity contribution in [1.82, 2.24) is 23.6 Å². The number of benzene rings is 1. The predicted molar refractivity (Wildman–Crippen MR) is 153 cm³/mol. The minimum absolute atomic E-state index is 0.0148. The maximum atomic E-state index is 13.5. The Kier molecular flexibility index (Phi) is 8.18. The molecule has 1 aromatic carbocycles. The molecule has 41 heavy (non-hydrogen) atoms. The lowest BCUT2D eigenvalue weighted by atomic mass is 9.80. The Bertz CT molecular complexity index is 1510. The highest BCUT2D eigenvalue weighted by atomic mass is 32.2. The Labute approximate surface area is 238 Å². The number of aromatic nitrogens is 3. The van der Waals surface area contributed by atoms with Gasteiger partial charge in [0.15, 0.2) is 0 Å². The van der Waals surface area contributed by atoms with Crippen LogP contribution in [0.25, 0.3) is 17.2 Å². The van der Waals surface area contributed by atoms with E-state index < -0.39 is 16.3 Å². The van der Waals surface area contributed by atoms with Gasteiger partial charge in [0.25, 0.3) is 10.0 Å². The number of nitrogens with zero attached hydrogens (tertiary/aromatic N) is 5. The number of halogens is 3. The lowest BCUT2D eigenvalue weighted by Gasteiger charge is -2.41. The Hall–Kier alpha value is -3.35. The summed E-state index contributed by atoms with van der Waals surface area (Å²) in [7, 11) is -1.97. The van der Waals surface area contributed by atoms with E-state index in [-0.39, 0.29) is 32.4 Å². The number of nitrogen functional groups attached to an aromatic ring is 1. The minimum Gasteiger partial charge on any atom is -0.384 e. The first-order chi connectivity index (χ1) is 19.5. The topological polar surface area (TPSA) is 89.4 Å². The van der Waals surface area contributed by atoms with Crippen LogP contribution in [0.1, 0.15) is 31.2 Å². The van der Waals surface area contributed by atoms with Gasteiger partial charge in [0.2, 0.25) is 0 Å². The van der Waals surface area contributed by atoms with Gasteiger partial charge < -0.3 is 10.6 Å². The molecule has 12 heteroatoms. The molecule has 0 bridgehead atoms. The fraction of sp³-hybridized carbons (Fsp3) is 0.414. The van der Waals surface area contributed by atoms with Crippen LogP contribution in [0.3, 0.4) is 0 Å². The molecule has 5 rings (SSSR count). The van der Waals surface area contributed by atoms with Gasteiger partial charge in [0.05, 0.1) is 11.1 Å². The molecule has 2 aromatic heterocycles. The molecule has 2 aliphatic rings. The number of alkyl halides is 3. The van der Waals surface area contributed by atoms with Gasteiger partial charge in [-0.3, -0.25) is 4.90 Å². The predicted octanol–water partition coefficient (Wildman–Crippen LogP) is 5.02. The maximum Gasteiger partial charge on any atom is 0.504 e. The Morgan fingerprint density at radius 1 is 1.05 bits per heavy atom. The van der Waals surface area contributed by atoms with E-state index in [1.54, 1.807) is 30.4 Å². The van der Waals surface area contributed by atoms with Gasteiger partial charge in [-0.2, -0.15) is 9.78 Å². The molecule has 3 aromatic rings. The summed E-state index contributed by atoms with van der Waals surface area (Å²) < 4.78 is 67.9. The molecule has 1 aliphatic heterocycles. The second-order valence-electron chi connectivity index (χ2n) is 10.8. The Morgan fingerprint density at radius 2 is 1.71 bits per heavy atom. The zero-order valence-electron chi connectivity index (χ0n) is 23.0. The first kappa shape index (κ1) is 29.2. The third kappa shape index (κ3) is 6.00. The van der Waals surface area contributed by atoms with Gasteiger partial charge in [-0.25, -0.2) is 12.4 Å². The average Bonchev–Trinajstić information content (AvgIpc) is 3.58. The van der Waals surface area contributed by atoms with Gasteiger partial charge in [0, 0.05) is 61.3 Å². The van der Waals surface area contributed by atoms with E-state index in [4.69, 9.17) is 5.73 Å². The number of hydrogen-bond donors (Lipinski definition) is 1. The highest BCUT2D eigenvalue weighted by Gasteiger charge is 2.33. The highest BCUT2D eigenvalue weighted by Crippen LogP contribution is 2.39. The van der Waals surface area contributed by atoms with Gasteiger partial charge in [-0.1, -0.05) is 30.9 Å². The Morgan fingerprint density at radius 3 is 2.29 bits per heavy atom. The molecule has 1 saturated carbocycles. The van der Waals surface area contributed by atoms with E-state index in [0.29, 0.717) is 11.6 Å². The van der Waals surface area contributed by atoms with Crippen molar-refractivity contribution in [3.8, 4) is 11.1 Å². The summed E-state index contributed by atoms with van der Waals surface area (Å²) in [6.07, 6.45) is 5.89. The van der Waals surface area contributed by atoms with E-state index in [2.05, 4.69) is 28.5 Å². The molecule has 0 spiro atoms. The quantitative estimate of drug-likeness (QED) is 0.390. The molecule has 3 heterocycles. The molecular weight excluding hydrogens is 553 g/mol. The fourth-order valence-electron chi connectivity index (χ4n) is 5.87. The van der Waals surface area contributed by atoms with Crippen molar-refractivity contribution >= 4 is 21.9 Å². The fourth-order valence-corrected chi connectivity index (χ4v) is 7.20. The lowest BCUT2D eigenvalue weighted by Crippen LogP contribution is -2.49. The van der Waals surface area contributed by atoms with Crippen molar-refractivity contribution < 1.29 is 21.6 Å². The number of anilines is 1. The van der Waals surface area contributed by atoms with Crippen LogP contribution >= 0.6 is 0 Å². The maximum absolute atomic E-state index is 13.5. The molecule has 2 N–H and O–H groups in total. The highest BCUT2D eigenvalue weighted by molar-refractivity contribution is 7.90. The summed E-state index contributed by atoms with van der Waals surface area (Å²) in [5.74, 6) is 0.0875. The Balaban J connectivity index is 1.50. The number of nitrogens with two attached hydrogens (primary N) is 1. The first-order valence-corrected chi connectivity index (χ1v) is 15.1. The monoisotopic (exact) mass is 588 g/mol. The third-order valence-electron chi connectivity index (χ3n) is 8.27. The molecule has 0 radical (unpaired) electrons. The van der Waals surface area contributed by atoms with Crippen LogP contribution < -0.4 is 5.73 Å². The van der Waals surface area contributed by atoms with E-state index in [0.717, 1.165) is 73.8 Å². The molecular formula is C29H35F3N6O2S. The summed E-state index contributed by atoms with van der Waals surface area (Å²) in [5.41, 5.74) is 8.01. The van der Waals surface area contributed by atoms with Crippen molar-refractivity contribution in [2.45, 2.75) is 42.9 Å². The standard InChI is InChI=1S/C29H35F3N6O2S/c1-3-21(22-9-11-24(12-10-22)36-15-13-35(2)14-16-36)17-26-27(23-18-34-38(19-23)29(30,31)32)20-37(28(26)33)41(39,40)25-7-5-4-6-8-25/h3-8,17-20,22,24H,1,9-16,33H2,2H3/b21-17+. The number of hydrogen-bond acceptors (Lipinski definition) is 6. The zero-order chi connectivity index (χ0) is 29.4. The summed E-state index contributed by atoms with van der Waals surface area (Å²) in [5, 5.41) is 3.45. The molecule has 2 fully saturated rings. The van der Waals surface area contributed by atoms with Crippen LogP contribution in [0.2, 0.25) is 0 Å². The van der Waals surface area contributed by atoms with E-state index in [9.17, 15) is 21.6 Å². The molecule has 220 valence electrons. The summed E-state index contributed by atoms with van der Waals surface area (Å²) in [6, 6.07) is 8.29. The molecule has 1 aliphatic carbocycles. The number of piperazine rings is 1. The smallest absolute Gasteiger partial charge is 0.384 e. The molecule has 0 unspecified atom stereocenters. The summed E-state index contributed by atoms with van der Waals surface area (Å²) in [4.78, 5) is 4.92. The van der Waals surface area contributed by atoms with Gasteiger partial charge in [0.1, 0.15) is 5.82 Å². The van der Waals surface area contributed by atoms with Crippen LogP contribution in [0.15, 0.2) is 72.0 Å². The van der Waals surface area contributed by atoms with Gasteiger partial charge in [-0.15, -0.1) is 13.2 Å². The molecule has 0 atom stereocenters. The first-order valence-electron chi connectivity index (χ1n) is 13.7. The second-order valence-corrected chi connectivity index (χ2v) is 12.6. The summed E-state index contributed by atoms with van der Waals surface area (Å²) >= 11 is 0. The number of rotatable bonds is 7. The summed E-state index contributed by atoms with van der Waals surface area (Å²) in [6.45, 7) is 8.25. The van der Waals surface area contributed by atoms with E-state index in [1.165, 1.54) is 18.3 Å². The van der Waals surface area contributed by atoms with Crippen molar-refractivity contribution in [3.63, 3.8) is 0 Å². The van der Waals surface area contributed by atoms with E-state index in [1.807, 2.05) is 0 Å². The number of likely N-dealkylation sites (N-methyl/N-ethyl adjacent to an activating group) is 1. The SMILES string of the molecule is C=C/C(=C\c1c(-c2cnn(C(F)(F)F)c2)cn(S(=O)(=O)c2ccccc2)c1N)C1CCC(N2CCN(C)CC2)CC1.